The molecule has 0 atom stereocenters. The molecule has 1 rings (SSSR count). The number of aromatic nitrogens is 1. The van der Waals surface area contributed by atoms with Crippen LogP contribution in [0, 0.1) is 0 Å². The predicted molar refractivity (Wildman–Crippen MR) is 57.1 cm³/mol. The Kier molecular flexibility index (Phi) is 4.59. The van der Waals surface area contributed by atoms with Gasteiger partial charge in [-0.05, 0) is 6.07 Å². The highest BCUT2D eigenvalue weighted by Gasteiger charge is 2.16. The number of methoxy groups -OCH3 is 1. The molecule has 8 nitrogen and oxygen atoms in total. The molecule has 0 bridgehead atoms. The van der Waals surface area contributed by atoms with E-state index in [0.29, 0.717) is 5.56 Å². The first-order valence-corrected chi connectivity index (χ1v) is 5.94. The Morgan fingerprint density at radius 2 is 2.29 bits per heavy atom. The Bertz CT molecular complexity index is 445. The van der Waals surface area contributed by atoms with Crippen molar-refractivity contribution in [3.8, 4) is 0 Å². The first-order chi connectivity index (χ1) is 7.92. The van der Waals surface area contributed by atoms with Crippen molar-refractivity contribution in [2.45, 2.75) is 6.61 Å². The number of rotatable bonds is 4. The van der Waals surface area contributed by atoms with E-state index in [1.54, 1.807) is 6.07 Å². The number of nitrogens with one attached hydrogen (secondary N) is 1. The number of phosphoric acid groups is 1. The van der Waals surface area contributed by atoms with E-state index in [9.17, 15) is 9.36 Å². The number of hydrogen-bond donors (Lipinski definition) is 3. The van der Waals surface area contributed by atoms with Gasteiger partial charge in [0.25, 0.3) is 0 Å². The molecule has 0 saturated heterocycles. The van der Waals surface area contributed by atoms with Crippen LogP contribution in [0.1, 0.15) is 5.56 Å². The number of anilines is 1. The molecule has 1 aromatic heterocycles. The van der Waals surface area contributed by atoms with Gasteiger partial charge >= 0.3 is 13.9 Å². The fraction of sp³-hybridized carbons (Fsp3) is 0.250. The maximum absolute atomic E-state index is 11.0. The molecule has 9 heteroatoms. The normalized spacial score (nSPS) is 11.0. The molecule has 0 fully saturated rings. The quantitative estimate of drug-likeness (QED) is 0.689. The molecule has 1 heterocycles. The van der Waals surface area contributed by atoms with Gasteiger partial charge in [0.1, 0.15) is 5.82 Å². The number of pyridine rings is 1. The number of carbonyl (C=O) groups is 1. The summed E-state index contributed by atoms with van der Waals surface area (Å²) in [7, 11) is -3.38. The van der Waals surface area contributed by atoms with Gasteiger partial charge in [0.15, 0.2) is 0 Å². The number of carbonyl (C=O) groups excluding carboxylic acids is 1. The Hall–Kier alpha value is -1.47. The largest absolute Gasteiger partial charge is 0.469 e. The van der Waals surface area contributed by atoms with E-state index in [0.717, 1.165) is 0 Å². The SMILES string of the molecule is COC(=O)Nc1ncccc1COP(=O)(O)O. The van der Waals surface area contributed by atoms with E-state index in [2.05, 4.69) is 19.6 Å². The van der Waals surface area contributed by atoms with Crippen LogP contribution in [0.3, 0.4) is 0 Å². The molecule has 94 valence electrons. The van der Waals surface area contributed by atoms with Crippen LogP contribution in [0.25, 0.3) is 0 Å². The summed E-state index contributed by atoms with van der Waals surface area (Å²) < 4.78 is 19.2. The third-order valence-corrected chi connectivity index (χ3v) is 2.15. The molecule has 0 aliphatic carbocycles. The summed E-state index contributed by atoms with van der Waals surface area (Å²) in [4.78, 5) is 31.9. The van der Waals surface area contributed by atoms with E-state index < -0.39 is 13.9 Å². The van der Waals surface area contributed by atoms with Crippen LogP contribution in [0.5, 0.6) is 0 Å². The molecule has 1 aromatic rings. The number of phosphoric ester groups is 1. The standard InChI is InChI=1S/C8H11N2O6P/c1-15-8(11)10-7-6(3-2-4-9-7)5-16-17(12,13)14/h2-4H,5H2,1H3,(H,9,10,11)(H2,12,13,14). The van der Waals surface area contributed by atoms with Crippen molar-refractivity contribution >= 4 is 19.7 Å². The van der Waals surface area contributed by atoms with E-state index in [1.165, 1.54) is 19.4 Å². The Morgan fingerprint density at radius 1 is 1.59 bits per heavy atom. The summed E-state index contributed by atoms with van der Waals surface area (Å²) in [6.07, 6.45) is 0.674. The van der Waals surface area contributed by atoms with Crippen molar-refractivity contribution in [2.24, 2.45) is 0 Å². The Labute approximate surface area is 96.8 Å². The van der Waals surface area contributed by atoms with Gasteiger partial charge in [0.2, 0.25) is 0 Å². The van der Waals surface area contributed by atoms with Gasteiger partial charge in [0, 0.05) is 11.8 Å². The molecule has 1 amide bonds. The number of amides is 1. The highest BCUT2D eigenvalue weighted by atomic mass is 31.2. The summed E-state index contributed by atoms with van der Waals surface area (Å²) in [5.41, 5.74) is 0.321. The molecule has 3 N–H and O–H groups in total. The zero-order valence-electron chi connectivity index (χ0n) is 8.86. The van der Waals surface area contributed by atoms with Gasteiger partial charge in [-0.15, -0.1) is 0 Å². The molecule has 0 unspecified atom stereocenters. The predicted octanol–water partition coefficient (Wildman–Crippen LogP) is 0.869. The minimum atomic E-state index is -4.56. The van der Waals surface area contributed by atoms with Crippen LogP contribution in [0.4, 0.5) is 10.6 Å². The Balaban J connectivity index is 2.77. The lowest BCUT2D eigenvalue weighted by Crippen LogP contribution is -2.14. The van der Waals surface area contributed by atoms with Crippen molar-refractivity contribution in [1.82, 2.24) is 4.98 Å². The molecular formula is C8H11N2O6P. The van der Waals surface area contributed by atoms with Crippen molar-refractivity contribution in [3.63, 3.8) is 0 Å². The smallest absolute Gasteiger partial charge is 0.453 e. The minimum absolute atomic E-state index is 0.118. The van der Waals surface area contributed by atoms with Crippen LogP contribution >= 0.6 is 7.82 Å². The van der Waals surface area contributed by atoms with Crippen LogP contribution in [0.15, 0.2) is 18.3 Å². The average molecular weight is 262 g/mol. The summed E-state index contributed by atoms with van der Waals surface area (Å²) in [6, 6.07) is 3.05. The van der Waals surface area contributed by atoms with Crippen LogP contribution in [-0.2, 0) is 20.4 Å². The average Bonchev–Trinajstić information content (AvgIpc) is 2.26. The van der Waals surface area contributed by atoms with Crippen molar-refractivity contribution in [2.75, 3.05) is 12.4 Å². The number of hydrogen-bond acceptors (Lipinski definition) is 5. The molecular weight excluding hydrogens is 251 g/mol. The molecule has 0 radical (unpaired) electrons. The first-order valence-electron chi connectivity index (χ1n) is 4.41. The van der Waals surface area contributed by atoms with Gasteiger partial charge in [-0.2, -0.15) is 0 Å². The highest BCUT2D eigenvalue weighted by molar-refractivity contribution is 7.46. The Morgan fingerprint density at radius 3 is 2.88 bits per heavy atom. The van der Waals surface area contributed by atoms with Crippen LogP contribution in [-0.4, -0.2) is 28.0 Å². The molecule has 0 aliphatic heterocycles. The summed E-state index contributed by atoms with van der Waals surface area (Å²) >= 11 is 0. The summed E-state index contributed by atoms with van der Waals surface area (Å²) in [5.74, 6) is 0.118. The van der Waals surface area contributed by atoms with E-state index in [-0.39, 0.29) is 12.4 Å². The summed E-state index contributed by atoms with van der Waals surface area (Å²) in [5, 5.41) is 2.29. The van der Waals surface area contributed by atoms with Gasteiger partial charge in [-0.1, -0.05) is 6.07 Å². The van der Waals surface area contributed by atoms with Gasteiger partial charge in [0.05, 0.1) is 13.7 Å². The minimum Gasteiger partial charge on any atom is -0.453 e. The fourth-order valence-electron chi connectivity index (χ4n) is 0.969. The van der Waals surface area contributed by atoms with Gasteiger partial charge in [-0.3, -0.25) is 9.84 Å². The molecule has 0 spiro atoms. The topological polar surface area (TPSA) is 118 Å². The van der Waals surface area contributed by atoms with Gasteiger partial charge in [-0.25, -0.2) is 14.3 Å². The highest BCUT2D eigenvalue weighted by Crippen LogP contribution is 2.37. The van der Waals surface area contributed by atoms with Crippen molar-refractivity contribution in [1.29, 1.82) is 0 Å². The maximum Gasteiger partial charge on any atom is 0.469 e. The fourth-order valence-corrected chi connectivity index (χ4v) is 1.28. The van der Waals surface area contributed by atoms with Crippen LogP contribution < -0.4 is 5.32 Å². The van der Waals surface area contributed by atoms with E-state index >= 15 is 0 Å². The third kappa shape index (κ3) is 4.92. The monoisotopic (exact) mass is 262 g/mol. The lowest BCUT2D eigenvalue weighted by molar-refractivity contribution is 0.186. The lowest BCUT2D eigenvalue weighted by Gasteiger charge is -2.09. The van der Waals surface area contributed by atoms with Gasteiger partial charge < -0.3 is 14.5 Å². The molecule has 17 heavy (non-hydrogen) atoms. The van der Waals surface area contributed by atoms with Crippen molar-refractivity contribution in [3.05, 3.63) is 23.9 Å². The van der Waals surface area contributed by atoms with E-state index in [1.807, 2.05) is 0 Å². The van der Waals surface area contributed by atoms with E-state index in [4.69, 9.17) is 9.79 Å². The number of ether oxygens (including phenoxy) is 1. The van der Waals surface area contributed by atoms with Crippen LogP contribution in [0.2, 0.25) is 0 Å². The second-order valence-electron chi connectivity index (χ2n) is 2.89. The summed E-state index contributed by atoms with van der Waals surface area (Å²) in [6.45, 7) is -0.378. The number of nitrogens with zero attached hydrogens (tertiary/aromatic N) is 1. The molecule has 0 saturated carbocycles. The maximum atomic E-state index is 11.0. The second-order valence-corrected chi connectivity index (χ2v) is 4.13. The second kappa shape index (κ2) is 5.74. The third-order valence-electron chi connectivity index (χ3n) is 1.69. The zero-order chi connectivity index (χ0) is 12.9. The molecule has 0 aromatic carbocycles. The lowest BCUT2D eigenvalue weighted by atomic mass is 10.3. The van der Waals surface area contributed by atoms with Crippen molar-refractivity contribution < 1.29 is 28.4 Å². The zero-order valence-corrected chi connectivity index (χ0v) is 9.76. The molecule has 0 aliphatic rings. The first kappa shape index (κ1) is 13.6.